The molecule has 0 unspecified atom stereocenters. The lowest BCUT2D eigenvalue weighted by molar-refractivity contribution is 0.0696. The van der Waals surface area contributed by atoms with Gasteiger partial charge in [0.25, 0.3) is 5.91 Å². The van der Waals surface area contributed by atoms with Crippen LogP contribution in [0.25, 0.3) is 31.3 Å². The smallest absolute Gasteiger partial charge is 0.335 e. The summed E-state index contributed by atoms with van der Waals surface area (Å²) in [6, 6.07) is 29.7. The van der Waals surface area contributed by atoms with E-state index in [1.54, 1.807) is 46.9 Å². The van der Waals surface area contributed by atoms with Crippen molar-refractivity contribution in [3.63, 3.8) is 0 Å². The second kappa shape index (κ2) is 10.2. The summed E-state index contributed by atoms with van der Waals surface area (Å²) in [4.78, 5) is 25.9. The van der Waals surface area contributed by atoms with Crippen LogP contribution in [-0.4, -0.2) is 17.0 Å². The van der Waals surface area contributed by atoms with Crippen LogP contribution in [-0.2, 0) is 13.0 Å². The minimum Gasteiger partial charge on any atom is -0.478 e. The fourth-order valence-electron chi connectivity index (χ4n) is 4.74. The molecule has 0 aliphatic carbocycles. The van der Waals surface area contributed by atoms with Crippen molar-refractivity contribution in [3.8, 4) is 10.4 Å². The number of benzene rings is 4. The van der Waals surface area contributed by atoms with Crippen LogP contribution in [0.4, 0.5) is 0 Å². The summed E-state index contributed by atoms with van der Waals surface area (Å²) in [5.74, 6) is -1.11. The van der Waals surface area contributed by atoms with Gasteiger partial charge in [-0.1, -0.05) is 60.7 Å². The van der Waals surface area contributed by atoms with Gasteiger partial charge in [0.2, 0.25) is 0 Å². The first kappa shape index (κ1) is 24.1. The predicted octanol–water partition coefficient (Wildman–Crippen LogP) is 8.00. The number of rotatable bonds is 7. The summed E-state index contributed by atoms with van der Waals surface area (Å²) in [5.41, 5.74) is 5.09. The zero-order valence-corrected chi connectivity index (χ0v) is 21.9. The predicted molar refractivity (Wildman–Crippen MR) is 156 cm³/mol. The van der Waals surface area contributed by atoms with Crippen LogP contribution >= 0.6 is 22.7 Å². The maximum absolute atomic E-state index is 13.6. The molecule has 6 rings (SSSR count). The van der Waals surface area contributed by atoms with E-state index in [1.165, 1.54) is 16.3 Å². The molecule has 0 radical (unpaired) electrons. The molecule has 0 aliphatic heterocycles. The third-order valence-corrected chi connectivity index (χ3v) is 8.56. The number of carboxylic acid groups (broad SMARTS) is 1. The summed E-state index contributed by atoms with van der Waals surface area (Å²) in [6.07, 6.45) is 0.736. The highest BCUT2D eigenvalue weighted by molar-refractivity contribution is 7.17. The van der Waals surface area contributed by atoms with Gasteiger partial charge in [-0.05, 0) is 80.5 Å². The minimum absolute atomic E-state index is 0.145. The highest BCUT2D eigenvalue weighted by Gasteiger charge is 2.18. The highest BCUT2D eigenvalue weighted by atomic mass is 32.1. The van der Waals surface area contributed by atoms with Gasteiger partial charge in [0, 0.05) is 27.1 Å². The summed E-state index contributed by atoms with van der Waals surface area (Å²) < 4.78 is 1.09. The average molecular weight is 534 g/mol. The molecular formula is C32H23NO3S2. The largest absolute Gasteiger partial charge is 0.478 e. The summed E-state index contributed by atoms with van der Waals surface area (Å²) in [7, 11) is 0. The molecule has 1 amide bonds. The van der Waals surface area contributed by atoms with E-state index in [9.17, 15) is 9.59 Å². The molecule has 38 heavy (non-hydrogen) atoms. The number of fused-ring (bicyclic) bond motifs is 2. The van der Waals surface area contributed by atoms with E-state index in [4.69, 9.17) is 5.11 Å². The number of carbonyl (C=O) groups excluding carboxylic acids is 1. The van der Waals surface area contributed by atoms with E-state index < -0.39 is 5.97 Å². The average Bonchev–Trinajstić information content (AvgIpc) is 3.62. The van der Waals surface area contributed by atoms with Gasteiger partial charge in [-0.3, -0.25) is 4.79 Å². The number of hydrogen-bond acceptors (Lipinski definition) is 4. The van der Waals surface area contributed by atoms with Gasteiger partial charge in [-0.15, -0.1) is 22.7 Å². The fourth-order valence-corrected chi connectivity index (χ4v) is 6.48. The molecule has 2 N–H and O–H groups in total. The molecule has 6 aromatic rings. The number of carboxylic acids is 1. The Morgan fingerprint density at radius 2 is 1.58 bits per heavy atom. The quantitative estimate of drug-likeness (QED) is 0.218. The minimum atomic E-state index is -0.968. The van der Waals surface area contributed by atoms with Crippen LogP contribution in [0, 0.1) is 0 Å². The molecule has 186 valence electrons. The van der Waals surface area contributed by atoms with E-state index in [0.29, 0.717) is 12.1 Å². The molecule has 0 bridgehead atoms. The summed E-state index contributed by atoms with van der Waals surface area (Å²) in [6.45, 7) is 0.313. The van der Waals surface area contributed by atoms with Crippen LogP contribution < -0.4 is 5.32 Å². The molecule has 4 nitrogen and oxygen atoms in total. The van der Waals surface area contributed by atoms with Gasteiger partial charge in [0.15, 0.2) is 0 Å². The first-order valence-corrected chi connectivity index (χ1v) is 14.0. The molecule has 0 fully saturated rings. The third kappa shape index (κ3) is 4.84. The zero-order chi connectivity index (χ0) is 26.1. The van der Waals surface area contributed by atoms with Crippen molar-refractivity contribution >= 4 is 55.4 Å². The van der Waals surface area contributed by atoms with Crippen molar-refractivity contribution < 1.29 is 14.7 Å². The standard InChI is InChI=1S/C32H23NO3S2/c34-31(33-18-20-7-11-23(12-8-20)32(35)36)27-16-25(28-6-3-13-37-28)17-29-30(27)26(19-38-29)15-21-9-10-22-4-1-2-5-24(22)14-21/h1-14,16-17,19H,15,18H2,(H,33,34)(H,35,36). The van der Waals surface area contributed by atoms with Gasteiger partial charge < -0.3 is 10.4 Å². The highest BCUT2D eigenvalue weighted by Crippen LogP contribution is 2.37. The molecule has 0 aliphatic rings. The first-order valence-electron chi connectivity index (χ1n) is 12.2. The number of carbonyl (C=O) groups is 2. The Kier molecular flexibility index (Phi) is 6.50. The SMILES string of the molecule is O=C(O)c1ccc(CNC(=O)c2cc(-c3cccs3)cc3scc(Cc4ccc5ccccc5c4)c23)cc1. The molecular weight excluding hydrogens is 510 g/mol. The Balaban J connectivity index is 1.35. The van der Waals surface area contributed by atoms with Crippen LogP contribution in [0.15, 0.2) is 102 Å². The van der Waals surface area contributed by atoms with Crippen LogP contribution in [0.3, 0.4) is 0 Å². The van der Waals surface area contributed by atoms with E-state index in [1.807, 2.05) is 23.6 Å². The van der Waals surface area contributed by atoms with Gasteiger partial charge in [0.1, 0.15) is 0 Å². The van der Waals surface area contributed by atoms with Crippen molar-refractivity contribution in [1.29, 1.82) is 0 Å². The summed E-state index contributed by atoms with van der Waals surface area (Å²) in [5, 5.41) is 19.8. The van der Waals surface area contributed by atoms with Crippen molar-refractivity contribution in [3.05, 3.63) is 130 Å². The fraction of sp³-hybridized carbons (Fsp3) is 0.0625. The van der Waals surface area contributed by atoms with Crippen LogP contribution in [0.2, 0.25) is 0 Å². The van der Waals surface area contributed by atoms with Crippen molar-refractivity contribution in [2.24, 2.45) is 0 Å². The number of thiophene rings is 2. The maximum Gasteiger partial charge on any atom is 0.335 e. The Bertz CT molecular complexity index is 1780. The van der Waals surface area contributed by atoms with Crippen LogP contribution in [0.1, 0.15) is 37.4 Å². The second-order valence-electron chi connectivity index (χ2n) is 9.18. The van der Waals surface area contributed by atoms with E-state index in [0.717, 1.165) is 38.1 Å². The van der Waals surface area contributed by atoms with Gasteiger partial charge in [-0.2, -0.15) is 0 Å². The molecule has 0 saturated carbocycles. The third-order valence-electron chi connectivity index (χ3n) is 6.66. The number of aromatic carboxylic acids is 1. The van der Waals surface area contributed by atoms with Crippen LogP contribution in [0.5, 0.6) is 0 Å². The Morgan fingerprint density at radius 3 is 2.34 bits per heavy atom. The van der Waals surface area contributed by atoms with E-state index in [2.05, 4.69) is 59.2 Å². The number of nitrogens with one attached hydrogen (secondary N) is 1. The normalized spacial score (nSPS) is 11.2. The van der Waals surface area contributed by atoms with Gasteiger partial charge in [-0.25, -0.2) is 4.79 Å². The molecule has 2 aromatic heterocycles. The number of amides is 1. The Morgan fingerprint density at radius 1 is 0.789 bits per heavy atom. The molecule has 0 saturated heterocycles. The summed E-state index contributed by atoms with van der Waals surface area (Å²) >= 11 is 3.32. The Hall–Kier alpha value is -4.26. The number of hydrogen-bond donors (Lipinski definition) is 2. The molecule has 4 aromatic carbocycles. The second-order valence-corrected chi connectivity index (χ2v) is 11.0. The van der Waals surface area contributed by atoms with Crippen molar-refractivity contribution in [2.75, 3.05) is 0 Å². The molecule has 6 heteroatoms. The Labute approximate surface area is 227 Å². The lowest BCUT2D eigenvalue weighted by Gasteiger charge is -2.11. The van der Waals surface area contributed by atoms with E-state index >= 15 is 0 Å². The van der Waals surface area contributed by atoms with Gasteiger partial charge in [0.05, 0.1) is 5.56 Å². The zero-order valence-electron chi connectivity index (χ0n) is 20.3. The lowest BCUT2D eigenvalue weighted by Crippen LogP contribution is -2.23. The van der Waals surface area contributed by atoms with Crippen molar-refractivity contribution in [2.45, 2.75) is 13.0 Å². The monoisotopic (exact) mass is 533 g/mol. The van der Waals surface area contributed by atoms with E-state index in [-0.39, 0.29) is 11.5 Å². The first-order chi connectivity index (χ1) is 18.5. The maximum atomic E-state index is 13.6. The molecule has 0 spiro atoms. The van der Waals surface area contributed by atoms with Gasteiger partial charge >= 0.3 is 5.97 Å². The molecule has 0 atom stereocenters. The molecule has 2 heterocycles. The lowest BCUT2D eigenvalue weighted by atomic mass is 9.96. The van der Waals surface area contributed by atoms with Crippen molar-refractivity contribution in [1.82, 2.24) is 5.32 Å². The topological polar surface area (TPSA) is 66.4 Å².